The maximum Gasteiger partial charge on any atom is 0.226 e. The number of carbonyl (C=O) groups excluding carboxylic acids is 1. The topological polar surface area (TPSA) is 55.6 Å². The van der Waals surface area contributed by atoms with Crippen LogP contribution in [0.25, 0.3) is 0 Å². The molecule has 4 rings (SSSR count). The summed E-state index contributed by atoms with van der Waals surface area (Å²) in [4.78, 5) is 14.8. The molecule has 1 aliphatic heterocycles. The van der Waals surface area contributed by atoms with Gasteiger partial charge < -0.3 is 15.4 Å². The van der Waals surface area contributed by atoms with Crippen molar-refractivity contribution in [1.82, 2.24) is 4.90 Å². The second-order valence-electron chi connectivity index (χ2n) is 8.32. The van der Waals surface area contributed by atoms with Gasteiger partial charge in [-0.25, -0.2) is 0 Å². The minimum atomic E-state index is 0. The Morgan fingerprint density at radius 3 is 2.54 bits per heavy atom. The zero-order valence-electron chi connectivity index (χ0n) is 16.3. The molecule has 4 nitrogen and oxygen atoms in total. The summed E-state index contributed by atoms with van der Waals surface area (Å²) in [6, 6.07) is 18.4. The van der Waals surface area contributed by atoms with Crippen molar-refractivity contribution in [3.63, 3.8) is 0 Å². The third kappa shape index (κ3) is 4.50. The molecule has 5 heteroatoms. The molecule has 2 aromatic rings. The molecule has 3 unspecified atom stereocenters. The number of halogens is 1. The highest BCUT2D eigenvalue weighted by molar-refractivity contribution is 5.85. The number of nitrogens with two attached hydrogens (primary N) is 1. The van der Waals surface area contributed by atoms with Crippen molar-refractivity contribution in [2.24, 2.45) is 17.1 Å². The lowest BCUT2D eigenvalue weighted by Gasteiger charge is -2.22. The summed E-state index contributed by atoms with van der Waals surface area (Å²) < 4.78 is 5.85. The first-order valence-electron chi connectivity index (χ1n) is 9.83. The molecule has 2 fully saturated rings. The van der Waals surface area contributed by atoms with E-state index in [1.54, 1.807) is 0 Å². The van der Waals surface area contributed by atoms with E-state index in [4.69, 9.17) is 10.5 Å². The molecule has 1 saturated heterocycles. The Kier molecular flexibility index (Phi) is 6.31. The van der Waals surface area contributed by atoms with Crippen LogP contribution in [-0.2, 0) is 11.4 Å². The molecule has 2 N–H and O–H groups in total. The Balaban J connectivity index is 0.00000225. The summed E-state index contributed by atoms with van der Waals surface area (Å²) in [6.45, 7) is 5.05. The van der Waals surface area contributed by atoms with Gasteiger partial charge in [-0.3, -0.25) is 4.79 Å². The van der Waals surface area contributed by atoms with Crippen molar-refractivity contribution in [1.29, 1.82) is 0 Å². The molecule has 28 heavy (non-hydrogen) atoms. The van der Waals surface area contributed by atoms with Crippen molar-refractivity contribution in [2.75, 3.05) is 19.6 Å². The average Bonchev–Trinajstić information content (AvgIpc) is 3.42. The highest BCUT2D eigenvalue weighted by atomic mass is 35.5. The number of carbonyl (C=O) groups is 1. The first-order valence-corrected chi connectivity index (χ1v) is 9.83. The molecule has 3 atom stereocenters. The standard InChI is InChI=1S/C23H28N2O2.ClH/c1-23(15-24)11-12-25(16-23)22(26)21-13-20(21)18-7-9-19(10-8-18)27-14-17-5-3-2-4-6-17;/h2-10,20-21H,11-16,24H2,1H3;1H. The number of nitrogens with zero attached hydrogens (tertiary/aromatic N) is 1. The Bertz CT molecular complexity index is 796. The predicted octanol–water partition coefficient (Wildman–Crippen LogP) is 3.99. The van der Waals surface area contributed by atoms with Gasteiger partial charge in [0.1, 0.15) is 12.4 Å². The second kappa shape index (κ2) is 8.54. The summed E-state index contributed by atoms with van der Waals surface area (Å²) in [7, 11) is 0. The van der Waals surface area contributed by atoms with Crippen LogP contribution in [0.3, 0.4) is 0 Å². The number of hydrogen-bond acceptors (Lipinski definition) is 3. The Hall–Kier alpha value is -2.04. The number of amides is 1. The largest absolute Gasteiger partial charge is 0.489 e. The summed E-state index contributed by atoms with van der Waals surface area (Å²) in [5, 5.41) is 0. The van der Waals surface area contributed by atoms with Crippen molar-refractivity contribution in [3.8, 4) is 5.75 Å². The van der Waals surface area contributed by atoms with E-state index in [0.29, 0.717) is 25.0 Å². The van der Waals surface area contributed by atoms with E-state index >= 15 is 0 Å². The van der Waals surface area contributed by atoms with Crippen molar-refractivity contribution >= 4 is 18.3 Å². The number of ether oxygens (including phenoxy) is 1. The molecule has 0 bridgehead atoms. The van der Waals surface area contributed by atoms with Crippen LogP contribution in [0.2, 0.25) is 0 Å². The van der Waals surface area contributed by atoms with E-state index < -0.39 is 0 Å². The van der Waals surface area contributed by atoms with Gasteiger partial charge in [0.25, 0.3) is 0 Å². The lowest BCUT2D eigenvalue weighted by Crippen LogP contribution is -2.35. The number of hydrogen-bond donors (Lipinski definition) is 1. The smallest absolute Gasteiger partial charge is 0.226 e. The van der Waals surface area contributed by atoms with Gasteiger partial charge in [-0.1, -0.05) is 49.4 Å². The van der Waals surface area contributed by atoms with Crippen LogP contribution in [0.1, 0.15) is 36.8 Å². The average molecular weight is 401 g/mol. The SMILES string of the molecule is CC1(CN)CCN(C(=O)C2CC2c2ccc(OCc3ccccc3)cc2)C1.Cl. The highest BCUT2D eigenvalue weighted by Crippen LogP contribution is 2.49. The first kappa shape index (κ1) is 20.7. The quantitative estimate of drug-likeness (QED) is 0.797. The summed E-state index contributed by atoms with van der Waals surface area (Å²) >= 11 is 0. The first-order chi connectivity index (χ1) is 13.1. The lowest BCUT2D eigenvalue weighted by atomic mass is 9.90. The molecule has 1 aliphatic carbocycles. The molecule has 2 aliphatic rings. The number of benzene rings is 2. The highest BCUT2D eigenvalue weighted by Gasteiger charge is 2.48. The van der Waals surface area contributed by atoms with Crippen LogP contribution in [-0.4, -0.2) is 30.4 Å². The van der Waals surface area contributed by atoms with Crippen LogP contribution in [0.5, 0.6) is 5.75 Å². The zero-order valence-corrected chi connectivity index (χ0v) is 17.2. The van der Waals surface area contributed by atoms with Gasteiger partial charge in [0.05, 0.1) is 0 Å². The fourth-order valence-electron chi connectivity index (χ4n) is 4.00. The molecular weight excluding hydrogens is 372 g/mol. The van der Waals surface area contributed by atoms with Crippen molar-refractivity contribution in [3.05, 3.63) is 65.7 Å². The molecule has 1 amide bonds. The normalized spacial score (nSPS) is 25.9. The molecular formula is C23H29ClN2O2. The van der Waals surface area contributed by atoms with E-state index in [1.165, 1.54) is 5.56 Å². The van der Waals surface area contributed by atoms with E-state index in [-0.39, 0.29) is 23.7 Å². The van der Waals surface area contributed by atoms with Gasteiger partial charge in [-0.05, 0) is 54.0 Å². The monoisotopic (exact) mass is 400 g/mol. The molecule has 1 saturated carbocycles. The van der Waals surface area contributed by atoms with Gasteiger partial charge in [-0.2, -0.15) is 0 Å². The Morgan fingerprint density at radius 1 is 1.18 bits per heavy atom. The molecule has 0 spiro atoms. The van der Waals surface area contributed by atoms with Crippen molar-refractivity contribution < 1.29 is 9.53 Å². The fourth-order valence-corrected chi connectivity index (χ4v) is 4.00. The Labute approximate surface area is 173 Å². The van der Waals surface area contributed by atoms with Gasteiger partial charge >= 0.3 is 0 Å². The fraction of sp³-hybridized carbons (Fsp3) is 0.435. The van der Waals surface area contributed by atoms with E-state index in [1.807, 2.05) is 35.2 Å². The molecule has 2 aromatic carbocycles. The Morgan fingerprint density at radius 2 is 1.89 bits per heavy atom. The molecule has 150 valence electrons. The third-order valence-corrected chi connectivity index (χ3v) is 6.03. The number of rotatable bonds is 6. The molecule has 0 aromatic heterocycles. The number of likely N-dealkylation sites (tertiary alicyclic amines) is 1. The van der Waals surface area contributed by atoms with Crippen LogP contribution < -0.4 is 10.5 Å². The summed E-state index contributed by atoms with van der Waals surface area (Å²) in [5.74, 6) is 1.66. The minimum Gasteiger partial charge on any atom is -0.489 e. The van der Waals surface area contributed by atoms with Crippen LogP contribution >= 0.6 is 12.4 Å². The van der Waals surface area contributed by atoms with Gasteiger partial charge in [-0.15, -0.1) is 12.4 Å². The minimum absolute atomic E-state index is 0. The van der Waals surface area contributed by atoms with Crippen LogP contribution in [0.15, 0.2) is 54.6 Å². The predicted molar refractivity (Wildman–Crippen MR) is 114 cm³/mol. The lowest BCUT2D eigenvalue weighted by molar-refractivity contribution is -0.132. The van der Waals surface area contributed by atoms with Crippen molar-refractivity contribution in [2.45, 2.75) is 32.3 Å². The van der Waals surface area contributed by atoms with Crippen LogP contribution in [0, 0.1) is 11.3 Å². The van der Waals surface area contributed by atoms with Gasteiger partial charge in [0.2, 0.25) is 5.91 Å². The maximum atomic E-state index is 12.8. The summed E-state index contributed by atoms with van der Waals surface area (Å²) in [6.07, 6.45) is 1.97. The van der Waals surface area contributed by atoms with E-state index in [0.717, 1.165) is 37.2 Å². The van der Waals surface area contributed by atoms with Gasteiger partial charge in [0, 0.05) is 19.0 Å². The van der Waals surface area contributed by atoms with Crippen LogP contribution in [0.4, 0.5) is 0 Å². The molecule has 1 heterocycles. The summed E-state index contributed by atoms with van der Waals surface area (Å²) in [5.41, 5.74) is 8.36. The second-order valence-corrected chi connectivity index (χ2v) is 8.32. The molecule has 0 radical (unpaired) electrons. The van der Waals surface area contributed by atoms with E-state index in [9.17, 15) is 4.79 Å². The maximum absolute atomic E-state index is 12.8. The zero-order chi connectivity index (χ0) is 18.9. The third-order valence-electron chi connectivity index (χ3n) is 6.03. The van der Waals surface area contributed by atoms with Gasteiger partial charge in [0.15, 0.2) is 0 Å². The van der Waals surface area contributed by atoms with E-state index in [2.05, 4.69) is 31.2 Å².